The zero-order valence-electron chi connectivity index (χ0n) is 13.0. The molecule has 0 radical (unpaired) electrons. The molecular formula is C17H23NO2S. The van der Waals surface area contributed by atoms with Crippen LogP contribution in [0.3, 0.4) is 0 Å². The molecule has 1 aliphatic heterocycles. The highest BCUT2D eigenvalue weighted by atomic mass is 32.1. The standard InChI is InChI=1S/C17H23NO2S/c1-12-11-16(21-15(12)9-4-5-10-19)17(20)18-13(2)7-6-8-14(18)3/h11,13-14,19H,5-8,10H2,1-3H3. The number of aliphatic hydroxyl groups is 1. The van der Waals surface area contributed by atoms with E-state index in [1.165, 1.54) is 17.8 Å². The van der Waals surface area contributed by atoms with Crippen LogP contribution in [0.15, 0.2) is 6.07 Å². The fourth-order valence-electron chi connectivity index (χ4n) is 2.86. The highest BCUT2D eigenvalue weighted by Gasteiger charge is 2.30. The second-order valence-electron chi connectivity index (χ2n) is 5.74. The number of amides is 1. The molecule has 1 aromatic rings. The van der Waals surface area contributed by atoms with Gasteiger partial charge >= 0.3 is 0 Å². The van der Waals surface area contributed by atoms with Crippen molar-refractivity contribution in [2.45, 2.75) is 58.5 Å². The molecule has 4 heteroatoms. The summed E-state index contributed by atoms with van der Waals surface area (Å²) >= 11 is 1.47. The summed E-state index contributed by atoms with van der Waals surface area (Å²) in [4.78, 5) is 16.5. The Balaban J connectivity index is 2.20. The van der Waals surface area contributed by atoms with Gasteiger partial charge in [0.2, 0.25) is 0 Å². The third kappa shape index (κ3) is 3.66. The van der Waals surface area contributed by atoms with Crippen molar-refractivity contribution < 1.29 is 9.90 Å². The lowest BCUT2D eigenvalue weighted by atomic mass is 9.97. The van der Waals surface area contributed by atoms with Gasteiger partial charge in [-0.05, 0) is 51.7 Å². The molecule has 21 heavy (non-hydrogen) atoms. The molecule has 0 saturated carbocycles. The zero-order chi connectivity index (χ0) is 15.4. The molecule has 1 fully saturated rings. The number of hydrogen-bond donors (Lipinski definition) is 1. The van der Waals surface area contributed by atoms with E-state index in [9.17, 15) is 4.79 Å². The number of piperidine rings is 1. The molecule has 2 heterocycles. The summed E-state index contributed by atoms with van der Waals surface area (Å²) in [5, 5.41) is 8.78. The smallest absolute Gasteiger partial charge is 0.264 e. The Hall–Kier alpha value is -1.31. The number of carbonyl (C=O) groups is 1. The quantitative estimate of drug-likeness (QED) is 0.853. The van der Waals surface area contributed by atoms with E-state index in [1.807, 2.05) is 17.9 Å². The van der Waals surface area contributed by atoms with Crippen molar-refractivity contribution in [3.8, 4) is 11.8 Å². The minimum absolute atomic E-state index is 0.0754. The predicted molar refractivity (Wildman–Crippen MR) is 86.6 cm³/mol. The van der Waals surface area contributed by atoms with Crippen LogP contribution in [0, 0.1) is 18.8 Å². The van der Waals surface area contributed by atoms with E-state index in [-0.39, 0.29) is 12.5 Å². The highest BCUT2D eigenvalue weighted by Crippen LogP contribution is 2.28. The Morgan fingerprint density at radius 1 is 1.43 bits per heavy atom. The van der Waals surface area contributed by atoms with Crippen LogP contribution in [0.25, 0.3) is 0 Å². The molecule has 0 aromatic carbocycles. The first kappa shape index (κ1) is 16.1. The summed E-state index contributed by atoms with van der Waals surface area (Å²) in [7, 11) is 0. The Morgan fingerprint density at radius 2 is 2.10 bits per heavy atom. The number of nitrogens with zero attached hydrogens (tertiary/aromatic N) is 1. The lowest BCUT2D eigenvalue weighted by molar-refractivity contribution is 0.0516. The van der Waals surface area contributed by atoms with E-state index in [1.54, 1.807) is 0 Å². The average Bonchev–Trinajstić information content (AvgIpc) is 2.80. The highest BCUT2D eigenvalue weighted by molar-refractivity contribution is 7.14. The number of likely N-dealkylation sites (tertiary alicyclic amines) is 1. The summed E-state index contributed by atoms with van der Waals surface area (Å²) in [5.74, 6) is 6.12. The summed E-state index contributed by atoms with van der Waals surface area (Å²) < 4.78 is 0. The summed E-state index contributed by atoms with van der Waals surface area (Å²) in [5.41, 5.74) is 1.05. The summed E-state index contributed by atoms with van der Waals surface area (Å²) in [6.45, 7) is 6.33. The summed E-state index contributed by atoms with van der Waals surface area (Å²) in [6, 6.07) is 2.57. The van der Waals surface area contributed by atoms with Gasteiger partial charge < -0.3 is 10.0 Å². The van der Waals surface area contributed by atoms with Crippen LogP contribution in [0.2, 0.25) is 0 Å². The maximum absolute atomic E-state index is 12.8. The van der Waals surface area contributed by atoms with E-state index in [2.05, 4.69) is 25.7 Å². The molecule has 1 aromatic heterocycles. The van der Waals surface area contributed by atoms with Crippen LogP contribution >= 0.6 is 11.3 Å². The van der Waals surface area contributed by atoms with Gasteiger partial charge in [0, 0.05) is 18.5 Å². The molecule has 0 aliphatic carbocycles. The Morgan fingerprint density at radius 3 is 2.71 bits per heavy atom. The van der Waals surface area contributed by atoms with Crippen molar-refractivity contribution in [3.63, 3.8) is 0 Å². The van der Waals surface area contributed by atoms with Gasteiger partial charge in [-0.2, -0.15) is 0 Å². The van der Waals surface area contributed by atoms with Gasteiger partial charge in [0.05, 0.1) is 16.4 Å². The van der Waals surface area contributed by atoms with Gasteiger partial charge in [-0.1, -0.05) is 11.8 Å². The topological polar surface area (TPSA) is 40.5 Å². The van der Waals surface area contributed by atoms with E-state index in [0.29, 0.717) is 18.5 Å². The third-order valence-corrected chi connectivity index (χ3v) is 5.14. The van der Waals surface area contributed by atoms with Crippen LogP contribution in [0.4, 0.5) is 0 Å². The number of aliphatic hydroxyl groups excluding tert-OH is 1. The predicted octanol–water partition coefficient (Wildman–Crippen LogP) is 3.19. The Bertz CT molecular complexity index is 557. The van der Waals surface area contributed by atoms with Crippen LogP contribution in [0.5, 0.6) is 0 Å². The Kier molecular flexibility index (Phi) is 5.44. The molecule has 0 bridgehead atoms. The molecule has 0 spiro atoms. The lowest BCUT2D eigenvalue weighted by Gasteiger charge is -2.38. The van der Waals surface area contributed by atoms with Crippen LogP contribution in [0.1, 0.15) is 59.6 Å². The number of carbonyl (C=O) groups excluding carboxylic acids is 1. The van der Waals surface area contributed by atoms with E-state index < -0.39 is 0 Å². The van der Waals surface area contributed by atoms with Gasteiger partial charge in [0.1, 0.15) is 0 Å². The van der Waals surface area contributed by atoms with Crippen LogP contribution < -0.4 is 0 Å². The monoisotopic (exact) mass is 305 g/mol. The van der Waals surface area contributed by atoms with Crippen LogP contribution in [-0.4, -0.2) is 34.6 Å². The number of rotatable bonds is 2. The van der Waals surface area contributed by atoms with Gasteiger partial charge in [-0.3, -0.25) is 4.79 Å². The largest absolute Gasteiger partial charge is 0.395 e. The van der Waals surface area contributed by atoms with E-state index in [4.69, 9.17) is 5.11 Å². The molecule has 1 amide bonds. The fraction of sp³-hybridized carbons (Fsp3) is 0.588. The second kappa shape index (κ2) is 7.11. The number of thiophene rings is 1. The first-order valence-corrected chi connectivity index (χ1v) is 8.39. The van der Waals surface area contributed by atoms with Gasteiger partial charge in [0.15, 0.2) is 0 Å². The SMILES string of the molecule is Cc1cc(C(=O)N2C(C)CCCC2C)sc1C#CCCO. The van der Waals surface area contributed by atoms with Gasteiger partial charge in [0.25, 0.3) is 5.91 Å². The van der Waals surface area contributed by atoms with Crippen LogP contribution in [-0.2, 0) is 0 Å². The first-order valence-electron chi connectivity index (χ1n) is 7.57. The maximum atomic E-state index is 12.8. The van der Waals surface area contributed by atoms with E-state index >= 15 is 0 Å². The second-order valence-corrected chi connectivity index (χ2v) is 6.79. The molecule has 2 atom stereocenters. The van der Waals surface area contributed by atoms with Gasteiger partial charge in [-0.15, -0.1) is 11.3 Å². The van der Waals surface area contributed by atoms with Crippen molar-refractivity contribution in [2.75, 3.05) is 6.61 Å². The first-order chi connectivity index (χ1) is 10.0. The molecular weight excluding hydrogens is 282 g/mol. The Labute approximate surface area is 131 Å². The normalized spacial score (nSPS) is 21.8. The van der Waals surface area contributed by atoms with Crippen molar-refractivity contribution >= 4 is 17.2 Å². The minimum atomic E-state index is 0.0754. The number of aryl methyl sites for hydroxylation is 1. The molecule has 114 valence electrons. The molecule has 1 aliphatic rings. The van der Waals surface area contributed by atoms with Crippen molar-refractivity contribution in [1.82, 2.24) is 4.90 Å². The zero-order valence-corrected chi connectivity index (χ0v) is 13.8. The fourth-order valence-corrected chi connectivity index (χ4v) is 3.85. The maximum Gasteiger partial charge on any atom is 0.264 e. The van der Waals surface area contributed by atoms with Crippen molar-refractivity contribution in [3.05, 3.63) is 21.4 Å². The lowest BCUT2D eigenvalue weighted by Crippen LogP contribution is -2.47. The van der Waals surface area contributed by atoms with Crippen molar-refractivity contribution in [1.29, 1.82) is 0 Å². The summed E-state index contributed by atoms with van der Waals surface area (Å²) in [6.07, 6.45) is 3.85. The van der Waals surface area contributed by atoms with E-state index in [0.717, 1.165) is 28.2 Å². The molecule has 2 rings (SSSR count). The van der Waals surface area contributed by atoms with Gasteiger partial charge in [-0.25, -0.2) is 0 Å². The molecule has 1 N–H and O–H groups in total. The molecule has 3 nitrogen and oxygen atoms in total. The molecule has 1 saturated heterocycles. The minimum Gasteiger partial charge on any atom is -0.395 e. The molecule has 2 unspecified atom stereocenters. The van der Waals surface area contributed by atoms with Crippen molar-refractivity contribution in [2.24, 2.45) is 0 Å². The number of hydrogen-bond acceptors (Lipinski definition) is 3. The third-order valence-electron chi connectivity index (χ3n) is 4.00. The average molecular weight is 305 g/mol.